The van der Waals surface area contributed by atoms with Gasteiger partial charge in [-0.3, -0.25) is 4.79 Å². The molecular weight excluding hydrogens is 228 g/mol. The van der Waals surface area contributed by atoms with E-state index < -0.39 is 0 Å². The molecule has 1 heterocycles. The first kappa shape index (κ1) is 11.7. The topological polar surface area (TPSA) is 35.5 Å². The van der Waals surface area contributed by atoms with Crippen molar-refractivity contribution in [2.45, 2.75) is 32.3 Å². The van der Waals surface area contributed by atoms with Crippen LogP contribution in [-0.4, -0.2) is 25.1 Å². The highest BCUT2D eigenvalue weighted by Crippen LogP contribution is 2.38. The molecule has 0 spiro atoms. The fraction of sp³-hybridized carbons (Fsp3) is 0.533. The zero-order valence-corrected chi connectivity index (χ0v) is 10.6. The molecule has 3 rings (SSSR count). The summed E-state index contributed by atoms with van der Waals surface area (Å²) in [5, 5.41) is 0. The number of carbonyl (C=O) groups is 1. The second-order valence-corrected chi connectivity index (χ2v) is 4.97. The molecule has 0 amide bonds. The lowest BCUT2D eigenvalue weighted by Gasteiger charge is -2.16. The molecule has 0 radical (unpaired) electrons. The number of fused-ring (bicyclic) bond motifs is 1. The van der Waals surface area contributed by atoms with Crippen LogP contribution >= 0.6 is 0 Å². The van der Waals surface area contributed by atoms with Crippen molar-refractivity contribution in [1.29, 1.82) is 0 Å². The lowest BCUT2D eigenvalue weighted by Crippen LogP contribution is -2.27. The third-order valence-corrected chi connectivity index (χ3v) is 3.63. The third kappa shape index (κ3) is 2.03. The Morgan fingerprint density at radius 1 is 1.50 bits per heavy atom. The molecule has 96 valence electrons. The minimum Gasteiger partial charge on any atom is -0.492 e. The fourth-order valence-electron chi connectivity index (χ4n) is 2.57. The van der Waals surface area contributed by atoms with E-state index >= 15 is 0 Å². The van der Waals surface area contributed by atoms with Gasteiger partial charge in [0.15, 0.2) is 5.78 Å². The molecule has 2 aliphatic rings. The average molecular weight is 246 g/mol. The Kier molecular flexibility index (Phi) is 3.08. The van der Waals surface area contributed by atoms with Gasteiger partial charge in [-0.2, -0.15) is 0 Å². The number of rotatable bonds is 5. The molecule has 1 unspecified atom stereocenters. The highest BCUT2D eigenvalue weighted by molar-refractivity contribution is 6.02. The molecule has 18 heavy (non-hydrogen) atoms. The van der Waals surface area contributed by atoms with E-state index in [2.05, 4.69) is 0 Å². The van der Waals surface area contributed by atoms with Crippen LogP contribution in [0.25, 0.3) is 0 Å². The van der Waals surface area contributed by atoms with Gasteiger partial charge < -0.3 is 9.47 Å². The molecule has 1 atom stereocenters. The zero-order chi connectivity index (χ0) is 12.5. The summed E-state index contributed by atoms with van der Waals surface area (Å²) in [6.07, 6.45) is 2.84. The Morgan fingerprint density at radius 2 is 2.33 bits per heavy atom. The van der Waals surface area contributed by atoms with Gasteiger partial charge in [0.2, 0.25) is 0 Å². The largest absolute Gasteiger partial charge is 0.492 e. The van der Waals surface area contributed by atoms with Crippen molar-refractivity contribution < 1.29 is 14.3 Å². The molecular formula is C15H18O3. The zero-order valence-electron chi connectivity index (χ0n) is 10.6. The van der Waals surface area contributed by atoms with Crippen molar-refractivity contribution in [2.24, 2.45) is 5.92 Å². The maximum absolute atomic E-state index is 12.6. The monoisotopic (exact) mass is 246 g/mol. The second kappa shape index (κ2) is 4.73. The van der Waals surface area contributed by atoms with Crippen LogP contribution in [0, 0.1) is 5.92 Å². The Labute approximate surface area is 107 Å². The van der Waals surface area contributed by atoms with E-state index in [1.54, 1.807) is 0 Å². The molecule has 1 aromatic rings. The summed E-state index contributed by atoms with van der Waals surface area (Å²) in [4.78, 5) is 12.6. The molecule has 1 aromatic carbocycles. The molecule has 0 saturated heterocycles. The first-order chi connectivity index (χ1) is 8.81. The van der Waals surface area contributed by atoms with Gasteiger partial charge in [0.05, 0.1) is 12.2 Å². The summed E-state index contributed by atoms with van der Waals surface area (Å²) >= 11 is 0. The lowest BCUT2D eigenvalue weighted by molar-refractivity contribution is 0.0372. The SMILES string of the molecule is CCOC(C(=O)c1cccc2c1OCC2)C1CC1. The molecule has 1 aliphatic carbocycles. The van der Waals surface area contributed by atoms with Gasteiger partial charge in [0.25, 0.3) is 0 Å². The summed E-state index contributed by atoms with van der Waals surface area (Å²) in [6.45, 7) is 3.21. The van der Waals surface area contributed by atoms with E-state index in [-0.39, 0.29) is 11.9 Å². The molecule has 0 aromatic heterocycles. The number of Topliss-reactive ketones (excluding diaryl/α,β-unsaturated/α-hetero) is 1. The molecule has 1 saturated carbocycles. The predicted octanol–water partition coefficient (Wildman–Crippen LogP) is 2.62. The van der Waals surface area contributed by atoms with Crippen molar-refractivity contribution in [3.05, 3.63) is 29.3 Å². The quantitative estimate of drug-likeness (QED) is 0.749. The van der Waals surface area contributed by atoms with E-state index in [4.69, 9.17) is 9.47 Å². The van der Waals surface area contributed by atoms with Crippen molar-refractivity contribution in [3.8, 4) is 5.75 Å². The minimum atomic E-state index is -0.273. The number of para-hydroxylation sites is 1. The molecule has 1 aliphatic heterocycles. The summed E-state index contributed by atoms with van der Waals surface area (Å²) in [5.41, 5.74) is 1.85. The number of carbonyl (C=O) groups excluding carboxylic acids is 1. The Bertz CT molecular complexity index is 463. The van der Waals surface area contributed by atoms with E-state index in [0.29, 0.717) is 24.7 Å². The van der Waals surface area contributed by atoms with Crippen LogP contribution in [-0.2, 0) is 11.2 Å². The average Bonchev–Trinajstić information content (AvgIpc) is 3.11. The second-order valence-electron chi connectivity index (χ2n) is 4.97. The van der Waals surface area contributed by atoms with Gasteiger partial charge in [0, 0.05) is 13.0 Å². The van der Waals surface area contributed by atoms with E-state index in [1.807, 2.05) is 25.1 Å². The van der Waals surface area contributed by atoms with Crippen LogP contribution in [0.5, 0.6) is 5.75 Å². The highest BCUT2D eigenvalue weighted by Gasteiger charge is 2.38. The molecule has 0 bridgehead atoms. The maximum atomic E-state index is 12.6. The number of ether oxygens (including phenoxy) is 2. The summed E-state index contributed by atoms with van der Waals surface area (Å²) in [5.74, 6) is 1.29. The standard InChI is InChI=1S/C15H18O3/c1-2-17-15(11-6-7-11)13(16)12-5-3-4-10-8-9-18-14(10)12/h3-5,11,15H,2,6-9H2,1H3. The van der Waals surface area contributed by atoms with E-state index in [9.17, 15) is 4.79 Å². The Morgan fingerprint density at radius 3 is 3.06 bits per heavy atom. The number of hydrogen-bond acceptors (Lipinski definition) is 3. The third-order valence-electron chi connectivity index (χ3n) is 3.63. The van der Waals surface area contributed by atoms with Crippen molar-refractivity contribution >= 4 is 5.78 Å². The highest BCUT2D eigenvalue weighted by atomic mass is 16.5. The number of ketones is 1. The number of hydrogen-bond donors (Lipinski definition) is 0. The van der Waals surface area contributed by atoms with Crippen molar-refractivity contribution in [2.75, 3.05) is 13.2 Å². The van der Waals surface area contributed by atoms with Crippen LogP contribution in [0.4, 0.5) is 0 Å². The van der Waals surface area contributed by atoms with Crippen LogP contribution in [0.2, 0.25) is 0 Å². The molecule has 1 fully saturated rings. The van der Waals surface area contributed by atoms with Gasteiger partial charge in [-0.1, -0.05) is 12.1 Å². The van der Waals surface area contributed by atoms with Crippen molar-refractivity contribution in [3.63, 3.8) is 0 Å². The molecule has 3 heteroatoms. The van der Waals surface area contributed by atoms with Crippen molar-refractivity contribution in [1.82, 2.24) is 0 Å². The van der Waals surface area contributed by atoms with E-state index in [0.717, 1.165) is 30.6 Å². The van der Waals surface area contributed by atoms with E-state index in [1.165, 1.54) is 0 Å². The van der Waals surface area contributed by atoms with Crippen LogP contribution in [0.3, 0.4) is 0 Å². The van der Waals surface area contributed by atoms with Gasteiger partial charge in [-0.05, 0) is 37.3 Å². The maximum Gasteiger partial charge on any atom is 0.195 e. The lowest BCUT2D eigenvalue weighted by atomic mass is 9.99. The first-order valence-corrected chi connectivity index (χ1v) is 6.71. The van der Waals surface area contributed by atoms with Gasteiger partial charge >= 0.3 is 0 Å². The fourth-order valence-corrected chi connectivity index (χ4v) is 2.57. The van der Waals surface area contributed by atoms with Crippen LogP contribution in [0.1, 0.15) is 35.7 Å². The summed E-state index contributed by atoms with van der Waals surface area (Å²) in [7, 11) is 0. The minimum absolute atomic E-state index is 0.0955. The summed E-state index contributed by atoms with van der Waals surface area (Å²) in [6, 6.07) is 5.84. The van der Waals surface area contributed by atoms with Crippen LogP contribution < -0.4 is 4.74 Å². The number of benzene rings is 1. The van der Waals surface area contributed by atoms with Gasteiger partial charge in [0.1, 0.15) is 11.9 Å². The summed E-state index contributed by atoms with van der Waals surface area (Å²) < 4.78 is 11.2. The molecule has 3 nitrogen and oxygen atoms in total. The normalized spacial score (nSPS) is 19.2. The Balaban J connectivity index is 1.89. The van der Waals surface area contributed by atoms with Gasteiger partial charge in [-0.25, -0.2) is 0 Å². The Hall–Kier alpha value is -1.35. The first-order valence-electron chi connectivity index (χ1n) is 6.71. The molecule has 0 N–H and O–H groups in total. The smallest absolute Gasteiger partial charge is 0.195 e. The van der Waals surface area contributed by atoms with Gasteiger partial charge in [-0.15, -0.1) is 0 Å². The van der Waals surface area contributed by atoms with Crippen LogP contribution in [0.15, 0.2) is 18.2 Å². The predicted molar refractivity (Wildman–Crippen MR) is 68.1 cm³/mol.